The highest BCUT2D eigenvalue weighted by atomic mass is 79.9. The fraction of sp³-hybridized carbons (Fsp3) is 0.455. The monoisotopic (exact) mass is 242 g/mol. The maximum Gasteiger partial charge on any atom is 0.129 e. The van der Waals surface area contributed by atoms with E-state index in [0.29, 0.717) is 5.75 Å². The summed E-state index contributed by atoms with van der Waals surface area (Å²) in [6.45, 7) is 6.61. The summed E-state index contributed by atoms with van der Waals surface area (Å²) < 4.78 is 0.772. The highest BCUT2D eigenvalue weighted by Crippen LogP contribution is 2.27. The zero-order valence-corrected chi connectivity index (χ0v) is 9.85. The van der Waals surface area contributed by atoms with Gasteiger partial charge in [-0.2, -0.15) is 0 Å². The Morgan fingerprint density at radius 2 is 1.92 bits per heavy atom. The number of hydrogen-bond acceptors (Lipinski definition) is 1. The highest BCUT2D eigenvalue weighted by Gasteiger charge is 2.11. The third kappa shape index (κ3) is 3.39. The van der Waals surface area contributed by atoms with Gasteiger partial charge in [-0.15, -0.1) is 0 Å². The Morgan fingerprint density at radius 3 is 2.38 bits per heavy atom. The van der Waals surface area contributed by atoms with Crippen LogP contribution in [0.4, 0.5) is 0 Å². The smallest absolute Gasteiger partial charge is 0.129 e. The van der Waals surface area contributed by atoms with Gasteiger partial charge in [-0.25, -0.2) is 0 Å². The topological polar surface area (TPSA) is 20.2 Å². The van der Waals surface area contributed by atoms with E-state index in [1.165, 1.54) is 5.56 Å². The van der Waals surface area contributed by atoms with E-state index < -0.39 is 0 Å². The van der Waals surface area contributed by atoms with Crippen molar-refractivity contribution in [1.29, 1.82) is 0 Å². The predicted molar refractivity (Wildman–Crippen MR) is 59.0 cm³/mol. The maximum absolute atomic E-state index is 9.30. The summed E-state index contributed by atoms with van der Waals surface area (Å²) in [5, 5.41) is 9.30. The molecule has 0 amide bonds. The lowest BCUT2D eigenvalue weighted by Crippen LogP contribution is -2.08. The summed E-state index contributed by atoms with van der Waals surface area (Å²) in [4.78, 5) is 0. The van der Waals surface area contributed by atoms with Gasteiger partial charge in [0.05, 0.1) is 4.47 Å². The Morgan fingerprint density at radius 1 is 1.31 bits per heavy atom. The second-order valence-corrected chi connectivity index (χ2v) is 5.38. The van der Waals surface area contributed by atoms with E-state index in [0.717, 1.165) is 10.9 Å². The molecule has 0 spiro atoms. The third-order valence-electron chi connectivity index (χ3n) is 1.75. The molecular weight excluding hydrogens is 228 g/mol. The molecular formula is C11H15BrO. The fourth-order valence-corrected chi connectivity index (χ4v) is 1.70. The largest absolute Gasteiger partial charge is 0.507 e. The second kappa shape index (κ2) is 3.70. The molecule has 0 radical (unpaired) electrons. The minimum atomic E-state index is 0.288. The van der Waals surface area contributed by atoms with E-state index in [1.54, 1.807) is 6.07 Å². The summed E-state index contributed by atoms with van der Waals surface area (Å²) in [5.74, 6) is 0.303. The zero-order chi connectivity index (χ0) is 10.1. The van der Waals surface area contributed by atoms with E-state index in [1.807, 2.05) is 12.1 Å². The molecule has 72 valence electrons. The van der Waals surface area contributed by atoms with Crippen LogP contribution in [0.2, 0.25) is 0 Å². The molecule has 0 bridgehead atoms. The molecule has 0 heterocycles. The van der Waals surface area contributed by atoms with Gasteiger partial charge in [0, 0.05) is 0 Å². The molecule has 1 nitrogen and oxygen atoms in total. The highest BCUT2D eigenvalue weighted by molar-refractivity contribution is 9.10. The van der Waals surface area contributed by atoms with Crippen LogP contribution in [0.5, 0.6) is 5.75 Å². The van der Waals surface area contributed by atoms with Crippen molar-refractivity contribution in [3.8, 4) is 5.75 Å². The first kappa shape index (κ1) is 10.6. The Labute approximate surface area is 87.9 Å². The molecule has 1 aromatic carbocycles. The SMILES string of the molecule is CC(C)(C)Cc1ccc(O)c(Br)c1. The van der Waals surface area contributed by atoms with Crippen LogP contribution in [-0.4, -0.2) is 5.11 Å². The number of rotatable bonds is 1. The molecule has 0 atom stereocenters. The minimum absolute atomic E-state index is 0.288. The van der Waals surface area contributed by atoms with Gasteiger partial charge in [0.15, 0.2) is 0 Å². The van der Waals surface area contributed by atoms with Crippen molar-refractivity contribution >= 4 is 15.9 Å². The molecule has 0 fully saturated rings. The summed E-state index contributed by atoms with van der Waals surface area (Å²) in [6.07, 6.45) is 1.02. The first-order valence-corrected chi connectivity index (χ1v) is 5.15. The van der Waals surface area contributed by atoms with Crippen molar-refractivity contribution in [2.24, 2.45) is 5.41 Å². The molecule has 13 heavy (non-hydrogen) atoms. The lowest BCUT2D eigenvalue weighted by atomic mass is 9.88. The fourth-order valence-electron chi connectivity index (χ4n) is 1.27. The summed E-state index contributed by atoms with van der Waals surface area (Å²) in [6, 6.07) is 5.66. The van der Waals surface area contributed by atoms with Crippen molar-refractivity contribution in [3.63, 3.8) is 0 Å². The molecule has 0 saturated heterocycles. The lowest BCUT2D eigenvalue weighted by Gasteiger charge is -2.18. The normalized spacial score (nSPS) is 11.7. The van der Waals surface area contributed by atoms with Crippen LogP contribution < -0.4 is 0 Å². The van der Waals surface area contributed by atoms with E-state index >= 15 is 0 Å². The summed E-state index contributed by atoms with van der Waals surface area (Å²) >= 11 is 3.30. The number of halogens is 1. The number of phenols is 1. The molecule has 0 saturated carbocycles. The van der Waals surface area contributed by atoms with Gasteiger partial charge in [-0.3, -0.25) is 0 Å². The lowest BCUT2D eigenvalue weighted by molar-refractivity contribution is 0.410. The van der Waals surface area contributed by atoms with Gasteiger partial charge in [-0.05, 0) is 45.5 Å². The van der Waals surface area contributed by atoms with Crippen molar-refractivity contribution in [2.75, 3.05) is 0 Å². The Hall–Kier alpha value is -0.500. The van der Waals surface area contributed by atoms with E-state index in [9.17, 15) is 5.11 Å². The standard InChI is InChI=1S/C11H15BrO/c1-11(2,3)7-8-4-5-10(13)9(12)6-8/h4-6,13H,7H2,1-3H3. The number of benzene rings is 1. The Balaban J connectivity index is 2.86. The van der Waals surface area contributed by atoms with Gasteiger partial charge in [-0.1, -0.05) is 26.8 Å². The van der Waals surface area contributed by atoms with E-state index in [-0.39, 0.29) is 5.41 Å². The van der Waals surface area contributed by atoms with Gasteiger partial charge < -0.3 is 5.11 Å². The average Bonchev–Trinajstić information content (AvgIpc) is 1.94. The van der Waals surface area contributed by atoms with Crippen molar-refractivity contribution in [1.82, 2.24) is 0 Å². The van der Waals surface area contributed by atoms with Crippen LogP contribution in [-0.2, 0) is 6.42 Å². The van der Waals surface area contributed by atoms with Crippen molar-refractivity contribution in [3.05, 3.63) is 28.2 Å². The molecule has 0 aromatic heterocycles. The summed E-state index contributed by atoms with van der Waals surface area (Å²) in [5.41, 5.74) is 1.54. The molecule has 0 unspecified atom stereocenters. The molecule has 0 aliphatic carbocycles. The molecule has 0 aliphatic heterocycles. The van der Waals surface area contributed by atoms with Crippen molar-refractivity contribution < 1.29 is 5.11 Å². The van der Waals surface area contributed by atoms with Crippen LogP contribution in [0, 0.1) is 5.41 Å². The predicted octanol–water partition coefficient (Wildman–Crippen LogP) is 3.74. The van der Waals surface area contributed by atoms with Crippen LogP contribution in [0.1, 0.15) is 26.3 Å². The molecule has 2 heteroatoms. The average molecular weight is 243 g/mol. The first-order chi connectivity index (χ1) is 5.88. The van der Waals surface area contributed by atoms with Crippen molar-refractivity contribution in [2.45, 2.75) is 27.2 Å². The molecule has 0 aliphatic rings. The van der Waals surface area contributed by atoms with Gasteiger partial charge in [0.2, 0.25) is 0 Å². The molecule has 1 rings (SSSR count). The third-order valence-corrected chi connectivity index (χ3v) is 2.38. The molecule has 1 aromatic rings. The Bertz CT molecular complexity index is 299. The van der Waals surface area contributed by atoms with Crippen LogP contribution in [0.3, 0.4) is 0 Å². The molecule has 1 N–H and O–H groups in total. The number of aromatic hydroxyl groups is 1. The maximum atomic E-state index is 9.30. The second-order valence-electron chi connectivity index (χ2n) is 4.52. The quantitative estimate of drug-likeness (QED) is 0.796. The van der Waals surface area contributed by atoms with Crippen LogP contribution in [0.25, 0.3) is 0 Å². The first-order valence-electron chi connectivity index (χ1n) is 4.36. The van der Waals surface area contributed by atoms with E-state index in [2.05, 4.69) is 36.7 Å². The number of phenolic OH excluding ortho intramolecular Hbond substituents is 1. The van der Waals surface area contributed by atoms with Crippen LogP contribution in [0.15, 0.2) is 22.7 Å². The van der Waals surface area contributed by atoms with Gasteiger partial charge in [0.25, 0.3) is 0 Å². The van der Waals surface area contributed by atoms with Crippen LogP contribution >= 0.6 is 15.9 Å². The van der Waals surface area contributed by atoms with E-state index in [4.69, 9.17) is 0 Å². The minimum Gasteiger partial charge on any atom is -0.507 e. The zero-order valence-electron chi connectivity index (χ0n) is 8.26. The summed E-state index contributed by atoms with van der Waals surface area (Å²) in [7, 11) is 0. The van der Waals surface area contributed by atoms with Gasteiger partial charge in [0.1, 0.15) is 5.75 Å². The number of hydrogen-bond donors (Lipinski definition) is 1. The van der Waals surface area contributed by atoms with Gasteiger partial charge >= 0.3 is 0 Å². The Kier molecular flexibility index (Phi) is 3.01.